The van der Waals surface area contributed by atoms with Gasteiger partial charge in [-0.3, -0.25) is 9.10 Å². The Morgan fingerprint density at radius 1 is 1.06 bits per heavy atom. The van der Waals surface area contributed by atoms with Crippen LogP contribution in [-0.2, 0) is 15.4 Å². The van der Waals surface area contributed by atoms with E-state index in [9.17, 15) is 17.6 Å². The smallest absolute Gasteiger partial charge is 0.251 e. The number of benzene rings is 2. The van der Waals surface area contributed by atoms with Crippen molar-refractivity contribution >= 4 is 21.6 Å². The fourth-order valence-electron chi connectivity index (χ4n) is 4.85. The SMILES string of the molecule is Cc1ccc(C(=O)NCC2(c3ccc(F)cc3)CCCC2)cc1N1CCCCS1(=O)=O. The Morgan fingerprint density at radius 2 is 1.77 bits per heavy atom. The summed E-state index contributed by atoms with van der Waals surface area (Å²) in [7, 11) is -3.35. The first kappa shape index (κ1) is 21.8. The minimum atomic E-state index is -3.35. The number of hydrogen-bond donors (Lipinski definition) is 1. The van der Waals surface area contributed by atoms with E-state index in [2.05, 4.69) is 5.32 Å². The minimum Gasteiger partial charge on any atom is -0.351 e. The van der Waals surface area contributed by atoms with E-state index in [-0.39, 0.29) is 22.9 Å². The number of amides is 1. The van der Waals surface area contributed by atoms with Crippen LogP contribution in [0.1, 0.15) is 60.0 Å². The molecule has 1 N–H and O–H groups in total. The zero-order valence-corrected chi connectivity index (χ0v) is 18.7. The van der Waals surface area contributed by atoms with Crippen molar-refractivity contribution in [2.75, 3.05) is 23.1 Å². The van der Waals surface area contributed by atoms with Gasteiger partial charge >= 0.3 is 0 Å². The first-order valence-electron chi connectivity index (χ1n) is 11.0. The fourth-order valence-corrected chi connectivity index (χ4v) is 6.55. The Hall–Kier alpha value is -2.41. The number of aryl methyl sites for hydroxylation is 1. The molecule has 5 nitrogen and oxygen atoms in total. The topological polar surface area (TPSA) is 66.5 Å². The number of nitrogens with one attached hydrogen (secondary N) is 1. The number of carbonyl (C=O) groups excluding carboxylic acids is 1. The molecule has 2 fully saturated rings. The zero-order valence-electron chi connectivity index (χ0n) is 17.9. The van der Waals surface area contributed by atoms with E-state index in [0.29, 0.717) is 30.8 Å². The van der Waals surface area contributed by atoms with Crippen LogP contribution in [-0.4, -0.2) is 33.2 Å². The van der Waals surface area contributed by atoms with Gasteiger partial charge in [0, 0.05) is 24.1 Å². The lowest BCUT2D eigenvalue weighted by molar-refractivity contribution is 0.0943. The van der Waals surface area contributed by atoms with Crippen molar-refractivity contribution in [3.8, 4) is 0 Å². The molecule has 7 heteroatoms. The second-order valence-corrected chi connectivity index (χ2v) is 10.8. The average molecular weight is 445 g/mol. The van der Waals surface area contributed by atoms with E-state index in [1.165, 1.54) is 16.4 Å². The van der Waals surface area contributed by atoms with Crippen molar-refractivity contribution in [3.63, 3.8) is 0 Å². The molecule has 0 radical (unpaired) electrons. The monoisotopic (exact) mass is 444 g/mol. The Labute approximate surface area is 183 Å². The maximum absolute atomic E-state index is 13.4. The standard InChI is InChI=1S/C24H29FN2O3S/c1-18-6-7-19(16-22(18)27-14-4-5-15-31(27,29)30)23(28)26-17-24(12-2-3-13-24)20-8-10-21(25)11-9-20/h6-11,16H,2-5,12-15,17H2,1H3,(H,26,28). The summed E-state index contributed by atoms with van der Waals surface area (Å²) in [6, 6.07) is 11.8. The van der Waals surface area contributed by atoms with Gasteiger partial charge in [-0.25, -0.2) is 12.8 Å². The summed E-state index contributed by atoms with van der Waals surface area (Å²) in [4.78, 5) is 13.0. The normalized spacial score (nSPS) is 19.9. The molecule has 0 unspecified atom stereocenters. The van der Waals surface area contributed by atoms with Gasteiger partial charge in [-0.1, -0.05) is 31.0 Å². The quantitative estimate of drug-likeness (QED) is 0.748. The van der Waals surface area contributed by atoms with Crippen molar-refractivity contribution < 1.29 is 17.6 Å². The zero-order chi connectivity index (χ0) is 22.1. The molecule has 1 aliphatic heterocycles. The highest BCUT2D eigenvalue weighted by molar-refractivity contribution is 7.92. The molecule has 1 saturated heterocycles. The lowest BCUT2D eigenvalue weighted by Crippen LogP contribution is -2.40. The molecule has 2 aromatic carbocycles. The largest absolute Gasteiger partial charge is 0.351 e. The molecule has 1 heterocycles. The first-order valence-corrected chi connectivity index (χ1v) is 12.6. The summed E-state index contributed by atoms with van der Waals surface area (Å²) in [5, 5.41) is 3.06. The third-order valence-corrected chi connectivity index (χ3v) is 8.55. The van der Waals surface area contributed by atoms with Crippen LogP contribution in [0.4, 0.5) is 10.1 Å². The molecule has 166 valence electrons. The Kier molecular flexibility index (Phi) is 6.06. The van der Waals surface area contributed by atoms with Gasteiger partial charge < -0.3 is 5.32 Å². The molecule has 1 amide bonds. The van der Waals surface area contributed by atoms with E-state index in [1.54, 1.807) is 18.2 Å². The number of rotatable bonds is 5. The van der Waals surface area contributed by atoms with Crippen LogP contribution < -0.4 is 9.62 Å². The third-order valence-electron chi connectivity index (χ3n) is 6.69. The number of anilines is 1. The molecule has 1 saturated carbocycles. The summed E-state index contributed by atoms with van der Waals surface area (Å²) in [5.41, 5.74) is 2.74. The van der Waals surface area contributed by atoms with Crippen LogP contribution in [0.3, 0.4) is 0 Å². The van der Waals surface area contributed by atoms with Gasteiger partial charge in [0.25, 0.3) is 5.91 Å². The van der Waals surface area contributed by atoms with Gasteiger partial charge in [0.1, 0.15) is 5.82 Å². The summed E-state index contributed by atoms with van der Waals surface area (Å²) < 4.78 is 39.9. The van der Waals surface area contributed by atoms with Crippen molar-refractivity contribution in [2.45, 2.75) is 50.9 Å². The van der Waals surface area contributed by atoms with Crippen LogP contribution in [0.15, 0.2) is 42.5 Å². The highest BCUT2D eigenvalue weighted by Gasteiger charge is 2.36. The Balaban J connectivity index is 1.54. The summed E-state index contributed by atoms with van der Waals surface area (Å²) in [6.45, 7) is 2.79. The van der Waals surface area contributed by atoms with Crippen molar-refractivity contribution in [1.82, 2.24) is 5.32 Å². The summed E-state index contributed by atoms with van der Waals surface area (Å²) in [5.74, 6) is -0.340. The number of carbonyl (C=O) groups is 1. The molecule has 0 aromatic heterocycles. The lowest BCUT2D eigenvalue weighted by Gasteiger charge is -2.31. The summed E-state index contributed by atoms with van der Waals surface area (Å²) >= 11 is 0. The number of halogens is 1. The maximum Gasteiger partial charge on any atom is 0.251 e. The van der Waals surface area contributed by atoms with E-state index in [1.807, 2.05) is 19.1 Å². The van der Waals surface area contributed by atoms with Gasteiger partial charge in [0.2, 0.25) is 10.0 Å². The predicted octanol–water partition coefficient (Wildman–Crippen LogP) is 4.31. The van der Waals surface area contributed by atoms with Crippen molar-refractivity contribution in [3.05, 3.63) is 65.0 Å². The highest BCUT2D eigenvalue weighted by atomic mass is 32.2. The van der Waals surface area contributed by atoms with Gasteiger partial charge in [-0.15, -0.1) is 0 Å². The van der Waals surface area contributed by atoms with Crippen LogP contribution >= 0.6 is 0 Å². The van der Waals surface area contributed by atoms with Gasteiger partial charge in [-0.2, -0.15) is 0 Å². The number of hydrogen-bond acceptors (Lipinski definition) is 3. The Morgan fingerprint density at radius 3 is 2.45 bits per heavy atom. The molecule has 2 aliphatic rings. The maximum atomic E-state index is 13.4. The molecule has 0 spiro atoms. The predicted molar refractivity (Wildman–Crippen MR) is 120 cm³/mol. The van der Waals surface area contributed by atoms with Gasteiger partial charge in [0.05, 0.1) is 11.4 Å². The highest BCUT2D eigenvalue weighted by Crippen LogP contribution is 2.40. The van der Waals surface area contributed by atoms with E-state index < -0.39 is 10.0 Å². The van der Waals surface area contributed by atoms with Gasteiger partial charge in [-0.05, 0) is 68.0 Å². The Bertz CT molecular complexity index is 1060. The molecule has 0 bridgehead atoms. The molecule has 2 aromatic rings. The van der Waals surface area contributed by atoms with Crippen LogP contribution in [0.2, 0.25) is 0 Å². The van der Waals surface area contributed by atoms with Crippen LogP contribution in [0.5, 0.6) is 0 Å². The van der Waals surface area contributed by atoms with E-state index in [0.717, 1.165) is 43.2 Å². The molecular formula is C24H29FN2O3S. The molecular weight excluding hydrogens is 415 g/mol. The minimum absolute atomic E-state index is 0.142. The fraction of sp³-hybridized carbons (Fsp3) is 0.458. The second kappa shape index (κ2) is 8.61. The lowest BCUT2D eigenvalue weighted by atomic mass is 9.78. The number of nitrogens with zero attached hydrogens (tertiary/aromatic N) is 1. The molecule has 31 heavy (non-hydrogen) atoms. The molecule has 1 aliphatic carbocycles. The third kappa shape index (κ3) is 4.47. The van der Waals surface area contributed by atoms with E-state index in [4.69, 9.17) is 0 Å². The molecule has 0 atom stereocenters. The van der Waals surface area contributed by atoms with Crippen LogP contribution in [0.25, 0.3) is 0 Å². The van der Waals surface area contributed by atoms with Crippen LogP contribution in [0, 0.1) is 12.7 Å². The number of sulfonamides is 1. The van der Waals surface area contributed by atoms with E-state index >= 15 is 0 Å². The summed E-state index contributed by atoms with van der Waals surface area (Å²) in [6.07, 6.45) is 5.54. The molecule has 4 rings (SSSR count). The van der Waals surface area contributed by atoms with Gasteiger partial charge in [0.15, 0.2) is 0 Å². The van der Waals surface area contributed by atoms with Crippen molar-refractivity contribution in [2.24, 2.45) is 0 Å². The van der Waals surface area contributed by atoms with Crippen molar-refractivity contribution in [1.29, 1.82) is 0 Å². The first-order chi connectivity index (χ1) is 14.8. The second-order valence-electron chi connectivity index (χ2n) is 8.77. The average Bonchev–Trinajstić information content (AvgIpc) is 3.23.